The number of alkyl halides is 3. The number of hydrogen-bond donors (Lipinski definition) is 0. The molecule has 0 aliphatic carbocycles. The van der Waals surface area contributed by atoms with Crippen molar-refractivity contribution in [3.05, 3.63) is 47.8 Å². The van der Waals surface area contributed by atoms with Gasteiger partial charge in [0.05, 0.1) is 18.2 Å². The molecule has 5 nitrogen and oxygen atoms in total. The second kappa shape index (κ2) is 7.60. The van der Waals surface area contributed by atoms with Crippen LogP contribution < -0.4 is 9.64 Å². The average Bonchev–Trinajstić information content (AvgIpc) is 2.66. The molecule has 1 saturated heterocycles. The molecule has 0 bridgehead atoms. The second-order valence-corrected chi connectivity index (χ2v) is 6.11. The number of piperidine rings is 1. The molecular formula is C18H17F3N4O. The number of nitrogens with zero attached hydrogens (tertiary/aromatic N) is 4. The number of aromatic nitrogens is 2. The van der Waals surface area contributed by atoms with Crippen LogP contribution in [0.25, 0.3) is 0 Å². The van der Waals surface area contributed by atoms with Gasteiger partial charge in [-0.2, -0.15) is 18.4 Å². The number of rotatable bonds is 4. The molecule has 2 aromatic rings. The summed E-state index contributed by atoms with van der Waals surface area (Å²) in [7, 11) is 0. The van der Waals surface area contributed by atoms with Crippen LogP contribution in [0.3, 0.4) is 0 Å². The molecule has 1 aliphatic heterocycles. The fourth-order valence-corrected chi connectivity index (χ4v) is 2.85. The first-order valence-corrected chi connectivity index (χ1v) is 8.24. The number of nitriles is 1. The van der Waals surface area contributed by atoms with Crippen LogP contribution in [0.15, 0.2) is 36.5 Å². The van der Waals surface area contributed by atoms with Crippen LogP contribution in [-0.4, -0.2) is 29.7 Å². The Morgan fingerprint density at radius 2 is 2.00 bits per heavy atom. The Bertz CT molecular complexity index is 796. The zero-order chi connectivity index (χ0) is 18.6. The Kier molecular flexibility index (Phi) is 5.26. The highest BCUT2D eigenvalue weighted by atomic mass is 19.4. The third-order valence-corrected chi connectivity index (χ3v) is 4.29. The van der Waals surface area contributed by atoms with E-state index >= 15 is 0 Å². The van der Waals surface area contributed by atoms with Gasteiger partial charge in [0.1, 0.15) is 11.5 Å². The van der Waals surface area contributed by atoms with Gasteiger partial charge >= 0.3 is 6.18 Å². The lowest BCUT2D eigenvalue weighted by atomic mass is 9.98. The van der Waals surface area contributed by atoms with Crippen LogP contribution in [0.2, 0.25) is 0 Å². The topological polar surface area (TPSA) is 62.0 Å². The van der Waals surface area contributed by atoms with E-state index in [0.717, 1.165) is 37.8 Å². The zero-order valence-corrected chi connectivity index (χ0v) is 13.9. The summed E-state index contributed by atoms with van der Waals surface area (Å²) in [6.07, 6.45) is -1.20. The van der Waals surface area contributed by atoms with E-state index < -0.39 is 11.9 Å². The summed E-state index contributed by atoms with van der Waals surface area (Å²) < 4.78 is 43.5. The molecule has 26 heavy (non-hydrogen) atoms. The summed E-state index contributed by atoms with van der Waals surface area (Å²) in [5.74, 6) is 0.996. The predicted octanol–water partition coefficient (Wildman–Crippen LogP) is 3.66. The van der Waals surface area contributed by atoms with Crippen LogP contribution in [0, 0.1) is 17.2 Å². The van der Waals surface area contributed by atoms with E-state index in [1.165, 1.54) is 12.1 Å². The third kappa shape index (κ3) is 4.42. The van der Waals surface area contributed by atoms with Crippen molar-refractivity contribution in [1.29, 1.82) is 5.26 Å². The first-order chi connectivity index (χ1) is 12.5. The van der Waals surface area contributed by atoms with Crippen LogP contribution >= 0.6 is 0 Å². The summed E-state index contributed by atoms with van der Waals surface area (Å²) in [5.41, 5.74) is -0.385. The van der Waals surface area contributed by atoms with Gasteiger partial charge in [0, 0.05) is 25.4 Å². The van der Waals surface area contributed by atoms with E-state index in [-0.39, 0.29) is 11.8 Å². The fraction of sp³-hybridized carbons (Fsp3) is 0.389. The molecule has 0 saturated carbocycles. The van der Waals surface area contributed by atoms with E-state index in [1.807, 2.05) is 0 Å². The monoisotopic (exact) mass is 362 g/mol. The van der Waals surface area contributed by atoms with Gasteiger partial charge in [-0.25, -0.2) is 9.97 Å². The summed E-state index contributed by atoms with van der Waals surface area (Å²) in [4.78, 5) is 9.90. The molecule has 0 unspecified atom stereocenters. The second-order valence-electron chi connectivity index (χ2n) is 6.11. The predicted molar refractivity (Wildman–Crippen MR) is 88.6 cm³/mol. The van der Waals surface area contributed by atoms with E-state index in [4.69, 9.17) is 10.00 Å². The van der Waals surface area contributed by atoms with E-state index in [2.05, 4.69) is 20.9 Å². The van der Waals surface area contributed by atoms with Gasteiger partial charge in [-0.05, 0) is 37.0 Å². The van der Waals surface area contributed by atoms with Crippen molar-refractivity contribution in [2.45, 2.75) is 19.0 Å². The van der Waals surface area contributed by atoms with Crippen molar-refractivity contribution in [2.24, 2.45) is 5.92 Å². The minimum Gasteiger partial charge on any atom is -0.477 e. The van der Waals surface area contributed by atoms with Crippen LogP contribution in [0.5, 0.6) is 5.88 Å². The quantitative estimate of drug-likeness (QED) is 0.831. The van der Waals surface area contributed by atoms with Gasteiger partial charge in [-0.1, -0.05) is 6.07 Å². The van der Waals surface area contributed by atoms with E-state index in [9.17, 15) is 13.2 Å². The smallest absolute Gasteiger partial charge is 0.433 e. The molecule has 0 spiro atoms. The van der Waals surface area contributed by atoms with Crippen LogP contribution in [-0.2, 0) is 6.18 Å². The van der Waals surface area contributed by atoms with Gasteiger partial charge in [0.15, 0.2) is 0 Å². The minimum absolute atomic E-state index is 0.00866. The Morgan fingerprint density at radius 1 is 1.23 bits per heavy atom. The highest BCUT2D eigenvalue weighted by Gasteiger charge is 2.32. The van der Waals surface area contributed by atoms with Crippen molar-refractivity contribution in [2.75, 3.05) is 24.6 Å². The summed E-state index contributed by atoms with van der Waals surface area (Å²) in [6, 6.07) is 9.16. The normalized spacial score (nSPS) is 15.5. The highest BCUT2D eigenvalue weighted by molar-refractivity contribution is 5.45. The first-order valence-electron chi connectivity index (χ1n) is 8.24. The van der Waals surface area contributed by atoms with Crippen molar-refractivity contribution in [1.82, 2.24) is 9.97 Å². The minimum atomic E-state index is -4.48. The molecule has 2 aromatic heterocycles. The molecule has 136 valence electrons. The molecule has 0 N–H and O–H groups in total. The van der Waals surface area contributed by atoms with Crippen molar-refractivity contribution < 1.29 is 17.9 Å². The number of anilines is 1. The van der Waals surface area contributed by atoms with Gasteiger partial charge in [0.2, 0.25) is 5.88 Å². The van der Waals surface area contributed by atoms with Crippen molar-refractivity contribution >= 4 is 5.82 Å². The standard InChI is InChI=1S/C18H17F3N4O/c19-18(20,21)15-2-1-3-17(24-15)26-12-13-5-8-25(9-6-13)16-10-14(11-22)4-7-23-16/h1-4,7,10,13H,5-6,8-9,12H2. The molecule has 3 rings (SSSR count). The Labute approximate surface area is 149 Å². The lowest BCUT2D eigenvalue weighted by Crippen LogP contribution is -2.36. The lowest BCUT2D eigenvalue weighted by Gasteiger charge is -2.32. The summed E-state index contributed by atoms with van der Waals surface area (Å²) >= 11 is 0. The number of pyridine rings is 2. The summed E-state index contributed by atoms with van der Waals surface area (Å²) in [6.45, 7) is 1.84. The van der Waals surface area contributed by atoms with Gasteiger partial charge < -0.3 is 9.64 Å². The Morgan fingerprint density at radius 3 is 2.69 bits per heavy atom. The first kappa shape index (κ1) is 18.0. The summed E-state index contributed by atoms with van der Waals surface area (Å²) in [5, 5.41) is 8.96. The molecule has 0 radical (unpaired) electrons. The molecular weight excluding hydrogens is 345 g/mol. The number of ether oxygens (including phenoxy) is 1. The van der Waals surface area contributed by atoms with Crippen LogP contribution in [0.4, 0.5) is 19.0 Å². The molecule has 8 heteroatoms. The molecule has 1 aliphatic rings. The van der Waals surface area contributed by atoms with Crippen molar-refractivity contribution in [3.8, 4) is 11.9 Å². The average molecular weight is 362 g/mol. The number of hydrogen-bond acceptors (Lipinski definition) is 5. The zero-order valence-electron chi connectivity index (χ0n) is 13.9. The SMILES string of the molecule is N#Cc1ccnc(N2CCC(COc3cccc(C(F)(F)F)n3)CC2)c1. The van der Waals surface area contributed by atoms with Gasteiger partial charge in [-0.15, -0.1) is 0 Å². The fourth-order valence-electron chi connectivity index (χ4n) is 2.85. The third-order valence-electron chi connectivity index (χ3n) is 4.29. The molecule has 0 amide bonds. The molecule has 0 aromatic carbocycles. The Balaban J connectivity index is 1.52. The van der Waals surface area contributed by atoms with Crippen LogP contribution in [0.1, 0.15) is 24.1 Å². The Hall–Kier alpha value is -2.82. The van der Waals surface area contributed by atoms with Gasteiger partial charge in [0.25, 0.3) is 0 Å². The van der Waals surface area contributed by atoms with E-state index in [0.29, 0.717) is 12.2 Å². The molecule has 1 fully saturated rings. The largest absolute Gasteiger partial charge is 0.477 e. The van der Waals surface area contributed by atoms with Gasteiger partial charge in [-0.3, -0.25) is 0 Å². The highest BCUT2D eigenvalue weighted by Crippen LogP contribution is 2.29. The lowest BCUT2D eigenvalue weighted by molar-refractivity contribution is -0.141. The number of halogens is 3. The maximum absolute atomic E-state index is 12.7. The molecule has 0 atom stereocenters. The molecule has 3 heterocycles. The maximum Gasteiger partial charge on any atom is 0.433 e. The maximum atomic E-state index is 12.7. The van der Waals surface area contributed by atoms with Crippen molar-refractivity contribution in [3.63, 3.8) is 0 Å². The van der Waals surface area contributed by atoms with E-state index in [1.54, 1.807) is 18.3 Å².